The van der Waals surface area contributed by atoms with Gasteiger partial charge in [-0.3, -0.25) is 4.99 Å². The van der Waals surface area contributed by atoms with Crippen LogP contribution >= 0.6 is 0 Å². The van der Waals surface area contributed by atoms with E-state index in [4.69, 9.17) is 4.74 Å². The second kappa shape index (κ2) is 13.0. The van der Waals surface area contributed by atoms with Gasteiger partial charge in [-0.25, -0.2) is 4.79 Å². The molecule has 28 heavy (non-hydrogen) atoms. The molecule has 4 N–H and O–H groups in total. The van der Waals surface area contributed by atoms with Crippen LogP contribution in [-0.4, -0.2) is 44.3 Å². The Kier molecular flexibility index (Phi) is 11.0. The van der Waals surface area contributed by atoms with E-state index >= 15 is 0 Å². The zero-order valence-electron chi connectivity index (χ0n) is 18.1. The first-order valence-electron chi connectivity index (χ1n) is 10.1. The molecule has 0 spiro atoms. The molecule has 1 aromatic rings. The Labute approximate surface area is 169 Å². The van der Waals surface area contributed by atoms with Gasteiger partial charge in [0.1, 0.15) is 0 Å². The molecule has 0 aliphatic heterocycles. The summed E-state index contributed by atoms with van der Waals surface area (Å²) in [5, 5.41) is 12.3. The smallest absolute Gasteiger partial charge is 0.319 e. The van der Waals surface area contributed by atoms with Gasteiger partial charge < -0.3 is 26.0 Å². The number of rotatable bonds is 10. The minimum atomic E-state index is -0.197. The van der Waals surface area contributed by atoms with Gasteiger partial charge in [0.2, 0.25) is 0 Å². The third-order valence-electron chi connectivity index (χ3n) is 4.16. The van der Waals surface area contributed by atoms with E-state index in [-0.39, 0.29) is 18.2 Å². The molecule has 1 unspecified atom stereocenters. The highest BCUT2D eigenvalue weighted by atomic mass is 16.5. The predicted octanol–water partition coefficient (Wildman–Crippen LogP) is 3.33. The van der Waals surface area contributed by atoms with Crippen molar-refractivity contribution in [2.45, 2.75) is 59.7 Å². The average molecular weight is 392 g/mol. The van der Waals surface area contributed by atoms with Gasteiger partial charge in [0.05, 0.1) is 6.10 Å². The van der Waals surface area contributed by atoms with E-state index in [0.29, 0.717) is 12.5 Å². The average Bonchev–Trinajstić information content (AvgIpc) is 2.64. The highest BCUT2D eigenvalue weighted by Gasteiger charge is 2.13. The second-order valence-corrected chi connectivity index (χ2v) is 7.33. The Balaban J connectivity index is 2.41. The summed E-state index contributed by atoms with van der Waals surface area (Å²) in [6, 6.07) is 7.65. The van der Waals surface area contributed by atoms with Crippen LogP contribution in [0.3, 0.4) is 0 Å². The zero-order valence-corrected chi connectivity index (χ0v) is 18.1. The number of benzene rings is 1. The number of nitrogens with one attached hydrogen (secondary N) is 4. The molecule has 0 aliphatic carbocycles. The van der Waals surface area contributed by atoms with E-state index in [0.717, 1.165) is 36.8 Å². The number of carbonyl (C=O) groups is 1. The fourth-order valence-corrected chi connectivity index (χ4v) is 2.70. The quantitative estimate of drug-likeness (QED) is 0.364. The molecular weight excluding hydrogens is 354 g/mol. The summed E-state index contributed by atoms with van der Waals surface area (Å²) >= 11 is 0. The molecule has 0 fully saturated rings. The number of urea groups is 1. The molecule has 0 bridgehead atoms. The molecule has 158 valence electrons. The topological polar surface area (TPSA) is 86.8 Å². The van der Waals surface area contributed by atoms with Gasteiger partial charge in [0, 0.05) is 38.5 Å². The van der Waals surface area contributed by atoms with Crippen LogP contribution in [0.4, 0.5) is 10.5 Å². The van der Waals surface area contributed by atoms with E-state index < -0.39 is 0 Å². The van der Waals surface area contributed by atoms with Gasteiger partial charge in [-0.1, -0.05) is 26.0 Å². The molecule has 0 aliphatic rings. The van der Waals surface area contributed by atoms with Crippen LogP contribution in [0.5, 0.6) is 0 Å². The Morgan fingerprint density at radius 2 is 1.79 bits per heavy atom. The van der Waals surface area contributed by atoms with Crippen LogP contribution in [0.15, 0.2) is 29.3 Å². The lowest BCUT2D eigenvalue weighted by Gasteiger charge is -2.21. The van der Waals surface area contributed by atoms with Crippen molar-refractivity contribution < 1.29 is 9.53 Å². The lowest BCUT2D eigenvalue weighted by atomic mass is 10.0. The molecule has 1 atom stereocenters. The maximum atomic E-state index is 11.7. The Morgan fingerprint density at radius 1 is 1.11 bits per heavy atom. The van der Waals surface area contributed by atoms with Crippen LogP contribution in [-0.2, 0) is 11.3 Å². The Morgan fingerprint density at radius 3 is 2.32 bits per heavy atom. The molecule has 0 saturated heterocycles. The molecule has 0 aromatic heterocycles. The number of ether oxygens (including phenoxy) is 1. The lowest BCUT2D eigenvalue weighted by Crippen LogP contribution is -2.38. The SMILES string of the molecule is CCOC(CCNC(=NC)NCc1ccc(NC(=O)NC(C)C)cc1)C(C)C. The van der Waals surface area contributed by atoms with Crippen LogP contribution in [0.1, 0.15) is 46.6 Å². The standard InChI is InChI=1S/C21H37N5O2/c1-7-28-19(15(2)3)12-13-23-20(22-6)24-14-17-8-10-18(11-9-17)26-21(27)25-16(4)5/h8-11,15-16,19H,7,12-14H2,1-6H3,(H2,22,23,24)(H2,25,26,27). The summed E-state index contributed by atoms with van der Waals surface area (Å²) in [7, 11) is 1.76. The maximum Gasteiger partial charge on any atom is 0.319 e. The van der Waals surface area contributed by atoms with Gasteiger partial charge in [-0.2, -0.15) is 0 Å². The predicted molar refractivity (Wildman–Crippen MR) is 117 cm³/mol. The summed E-state index contributed by atoms with van der Waals surface area (Å²) in [6.45, 7) is 12.4. The maximum absolute atomic E-state index is 11.7. The first kappa shape index (κ1) is 23.8. The largest absolute Gasteiger partial charge is 0.378 e. The molecule has 0 heterocycles. The monoisotopic (exact) mass is 391 g/mol. The summed E-state index contributed by atoms with van der Waals surface area (Å²) in [5.74, 6) is 1.25. The third kappa shape index (κ3) is 9.60. The number of aliphatic imine (C=N–C) groups is 1. The highest BCUT2D eigenvalue weighted by molar-refractivity contribution is 5.89. The number of nitrogens with zero attached hydrogens (tertiary/aromatic N) is 1. The first-order chi connectivity index (χ1) is 13.3. The number of hydrogen-bond donors (Lipinski definition) is 4. The van der Waals surface area contributed by atoms with E-state index in [9.17, 15) is 4.79 Å². The molecule has 0 radical (unpaired) electrons. The van der Waals surface area contributed by atoms with Gasteiger partial charge in [-0.05, 0) is 50.8 Å². The van der Waals surface area contributed by atoms with Crippen molar-refractivity contribution in [2.24, 2.45) is 10.9 Å². The van der Waals surface area contributed by atoms with Crippen molar-refractivity contribution in [1.82, 2.24) is 16.0 Å². The Bertz CT molecular complexity index is 599. The minimum absolute atomic E-state index is 0.104. The second-order valence-electron chi connectivity index (χ2n) is 7.33. The van der Waals surface area contributed by atoms with E-state index in [2.05, 4.69) is 40.1 Å². The Hall–Kier alpha value is -2.28. The minimum Gasteiger partial charge on any atom is -0.378 e. The van der Waals surface area contributed by atoms with E-state index in [1.54, 1.807) is 7.05 Å². The molecule has 7 nitrogen and oxygen atoms in total. The van der Waals surface area contributed by atoms with Gasteiger partial charge >= 0.3 is 6.03 Å². The molecule has 1 aromatic carbocycles. The lowest BCUT2D eigenvalue weighted by molar-refractivity contribution is 0.0258. The summed E-state index contributed by atoms with van der Waals surface area (Å²) < 4.78 is 5.77. The van der Waals surface area contributed by atoms with Crippen molar-refractivity contribution in [3.05, 3.63) is 29.8 Å². The van der Waals surface area contributed by atoms with Crippen molar-refractivity contribution >= 4 is 17.7 Å². The summed E-state index contributed by atoms with van der Waals surface area (Å²) in [6.07, 6.45) is 1.19. The van der Waals surface area contributed by atoms with Gasteiger partial charge in [0.15, 0.2) is 5.96 Å². The summed E-state index contributed by atoms with van der Waals surface area (Å²) in [5.41, 5.74) is 1.87. The molecule has 2 amide bonds. The van der Waals surface area contributed by atoms with Gasteiger partial charge in [-0.15, -0.1) is 0 Å². The molecule has 1 rings (SSSR count). The van der Waals surface area contributed by atoms with Crippen molar-refractivity contribution in [3.8, 4) is 0 Å². The first-order valence-corrected chi connectivity index (χ1v) is 10.1. The fraction of sp³-hybridized carbons (Fsp3) is 0.619. The fourth-order valence-electron chi connectivity index (χ4n) is 2.70. The number of amides is 2. The van der Waals surface area contributed by atoms with E-state index in [1.165, 1.54) is 0 Å². The number of hydrogen-bond acceptors (Lipinski definition) is 3. The third-order valence-corrected chi connectivity index (χ3v) is 4.16. The number of anilines is 1. The molecule has 7 heteroatoms. The number of carbonyl (C=O) groups excluding carboxylic acids is 1. The number of guanidine groups is 1. The van der Waals surface area contributed by atoms with Crippen LogP contribution in [0, 0.1) is 5.92 Å². The van der Waals surface area contributed by atoms with Crippen molar-refractivity contribution in [3.63, 3.8) is 0 Å². The van der Waals surface area contributed by atoms with Crippen molar-refractivity contribution in [2.75, 3.05) is 25.5 Å². The summed E-state index contributed by atoms with van der Waals surface area (Å²) in [4.78, 5) is 16.0. The van der Waals surface area contributed by atoms with Gasteiger partial charge in [0.25, 0.3) is 0 Å². The normalized spacial score (nSPS) is 12.8. The molecule has 0 saturated carbocycles. The van der Waals surface area contributed by atoms with E-state index in [1.807, 2.05) is 45.0 Å². The zero-order chi connectivity index (χ0) is 20.9. The van der Waals surface area contributed by atoms with Crippen LogP contribution < -0.4 is 21.3 Å². The molecular formula is C21H37N5O2. The van der Waals surface area contributed by atoms with Crippen molar-refractivity contribution in [1.29, 1.82) is 0 Å². The van der Waals surface area contributed by atoms with Crippen LogP contribution in [0.2, 0.25) is 0 Å². The highest BCUT2D eigenvalue weighted by Crippen LogP contribution is 2.10. The van der Waals surface area contributed by atoms with Crippen LogP contribution in [0.25, 0.3) is 0 Å².